The number of carbonyl (C=O) groups excluding carboxylic acids is 1. The molecule has 1 fully saturated rings. The molecule has 0 amide bonds. The molecule has 1 aromatic carbocycles. The standard InChI is InChI=1S/C27H43NO/c1-20(2)21-12-14-23-22(19-21)13-15-24-26(23,3)16-10-17-27(24,4)25(29)11-8-6-5-7-9-18-28/h12,14,19-20,24H,5-11,13,15-18,28H2,1-4H3/t24?,26-,27-/m0/s1. The molecule has 29 heavy (non-hydrogen) atoms. The fraction of sp³-hybridized carbons (Fsp3) is 0.741. The van der Waals surface area contributed by atoms with Crippen molar-refractivity contribution >= 4 is 5.78 Å². The molecular weight excluding hydrogens is 354 g/mol. The van der Waals surface area contributed by atoms with Gasteiger partial charge in [-0.2, -0.15) is 0 Å². The van der Waals surface area contributed by atoms with Crippen LogP contribution in [-0.4, -0.2) is 12.3 Å². The zero-order valence-corrected chi connectivity index (χ0v) is 19.4. The van der Waals surface area contributed by atoms with Gasteiger partial charge in [-0.05, 0) is 79.0 Å². The Morgan fingerprint density at radius 3 is 2.55 bits per heavy atom. The maximum Gasteiger partial charge on any atom is 0.139 e. The van der Waals surface area contributed by atoms with Crippen LogP contribution in [0.5, 0.6) is 0 Å². The van der Waals surface area contributed by atoms with Gasteiger partial charge < -0.3 is 5.73 Å². The van der Waals surface area contributed by atoms with Crippen LogP contribution < -0.4 is 5.73 Å². The predicted octanol–water partition coefficient (Wildman–Crippen LogP) is 6.69. The van der Waals surface area contributed by atoms with E-state index in [9.17, 15) is 4.79 Å². The SMILES string of the molecule is CC(C)c1ccc2c(c1)CCC1[C@@]2(C)CCC[C@]1(C)C(=O)CCCCCCCN. The molecule has 3 rings (SSSR count). The zero-order valence-electron chi connectivity index (χ0n) is 19.4. The smallest absolute Gasteiger partial charge is 0.139 e. The third-order valence-electron chi connectivity index (χ3n) is 8.29. The summed E-state index contributed by atoms with van der Waals surface area (Å²) >= 11 is 0. The molecule has 2 N–H and O–H groups in total. The third-order valence-corrected chi connectivity index (χ3v) is 8.29. The Balaban J connectivity index is 1.74. The van der Waals surface area contributed by atoms with Crippen molar-refractivity contribution in [3.63, 3.8) is 0 Å². The summed E-state index contributed by atoms with van der Waals surface area (Å²) in [5.41, 5.74) is 10.1. The maximum atomic E-state index is 13.4. The first kappa shape index (κ1) is 22.5. The minimum atomic E-state index is -0.140. The number of hydrogen-bond acceptors (Lipinski definition) is 2. The zero-order chi connectivity index (χ0) is 21.1. The Kier molecular flexibility index (Phi) is 7.25. The van der Waals surface area contributed by atoms with Gasteiger partial charge in [-0.15, -0.1) is 0 Å². The van der Waals surface area contributed by atoms with Crippen LogP contribution in [0.2, 0.25) is 0 Å². The molecule has 162 valence electrons. The van der Waals surface area contributed by atoms with Crippen molar-refractivity contribution in [2.45, 2.75) is 110 Å². The number of nitrogens with two attached hydrogens (primary N) is 1. The van der Waals surface area contributed by atoms with Crippen molar-refractivity contribution in [2.75, 3.05) is 6.54 Å². The lowest BCUT2D eigenvalue weighted by Crippen LogP contribution is -2.52. The van der Waals surface area contributed by atoms with Crippen molar-refractivity contribution in [2.24, 2.45) is 17.1 Å². The van der Waals surface area contributed by atoms with Gasteiger partial charge in [0.25, 0.3) is 0 Å². The van der Waals surface area contributed by atoms with Crippen LogP contribution in [0, 0.1) is 11.3 Å². The fourth-order valence-electron chi connectivity index (χ4n) is 6.45. The topological polar surface area (TPSA) is 43.1 Å². The number of fused-ring (bicyclic) bond motifs is 3. The number of rotatable bonds is 9. The maximum absolute atomic E-state index is 13.4. The first-order valence-electron chi connectivity index (χ1n) is 12.2. The number of benzene rings is 1. The van der Waals surface area contributed by atoms with Crippen LogP contribution in [-0.2, 0) is 16.6 Å². The average molecular weight is 398 g/mol. The molecule has 2 nitrogen and oxygen atoms in total. The van der Waals surface area contributed by atoms with Gasteiger partial charge in [-0.1, -0.05) is 71.6 Å². The monoisotopic (exact) mass is 397 g/mol. The van der Waals surface area contributed by atoms with E-state index in [2.05, 4.69) is 45.9 Å². The summed E-state index contributed by atoms with van der Waals surface area (Å²) in [5, 5.41) is 0. The van der Waals surface area contributed by atoms with Crippen molar-refractivity contribution in [3.8, 4) is 0 Å². The lowest BCUT2D eigenvalue weighted by molar-refractivity contribution is -0.136. The summed E-state index contributed by atoms with van der Waals surface area (Å²) in [7, 11) is 0. The highest BCUT2D eigenvalue weighted by Crippen LogP contribution is 2.58. The van der Waals surface area contributed by atoms with E-state index >= 15 is 0 Å². The predicted molar refractivity (Wildman–Crippen MR) is 123 cm³/mol. The summed E-state index contributed by atoms with van der Waals surface area (Å²) in [6.07, 6.45) is 12.3. The van der Waals surface area contributed by atoms with Crippen molar-refractivity contribution in [1.82, 2.24) is 0 Å². The Labute approximate surface area is 179 Å². The minimum absolute atomic E-state index is 0.140. The molecule has 0 radical (unpaired) electrons. The van der Waals surface area contributed by atoms with Crippen LogP contribution in [0.25, 0.3) is 0 Å². The van der Waals surface area contributed by atoms with Crippen LogP contribution in [0.1, 0.15) is 115 Å². The van der Waals surface area contributed by atoms with Crippen molar-refractivity contribution < 1.29 is 4.79 Å². The van der Waals surface area contributed by atoms with Crippen LogP contribution in [0.3, 0.4) is 0 Å². The molecule has 2 aliphatic carbocycles. The molecule has 1 saturated carbocycles. The van der Waals surface area contributed by atoms with E-state index in [1.165, 1.54) is 44.1 Å². The third kappa shape index (κ3) is 4.48. The largest absolute Gasteiger partial charge is 0.330 e. The first-order chi connectivity index (χ1) is 13.8. The highest BCUT2D eigenvalue weighted by atomic mass is 16.1. The highest BCUT2D eigenvalue weighted by Gasteiger charge is 2.54. The molecule has 2 aliphatic rings. The molecule has 0 aliphatic heterocycles. The second-order valence-electron chi connectivity index (χ2n) is 10.6. The summed E-state index contributed by atoms with van der Waals surface area (Å²) in [4.78, 5) is 13.4. The van der Waals surface area contributed by atoms with E-state index in [4.69, 9.17) is 5.73 Å². The lowest BCUT2D eigenvalue weighted by atomic mass is 9.48. The highest BCUT2D eigenvalue weighted by molar-refractivity contribution is 5.85. The minimum Gasteiger partial charge on any atom is -0.330 e. The molecule has 0 spiro atoms. The Bertz CT molecular complexity index is 708. The van der Waals surface area contributed by atoms with E-state index in [1.54, 1.807) is 11.1 Å². The summed E-state index contributed by atoms with van der Waals surface area (Å²) in [6, 6.07) is 7.20. The van der Waals surface area contributed by atoms with Crippen LogP contribution in [0.4, 0.5) is 0 Å². The van der Waals surface area contributed by atoms with Gasteiger partial charge in [0.1, 0.15) is 5.78 Å². The van der Waals surface area contributed by atoms with Gasteiger partial charge in [0.05, 0.1) is 0 Å². The Hall–Kier alpha value is -1.15. The van der Waals surface area contributed by atoms with Crippen LogP contribution in [0.15, 0.2) is 18.2 Å². The molecule has 0 bridgehead atoms. The number of aryl methyl sites for hydroxylation is 1. The van der Waals surface area contributed by atoms with Gasteiger partial charge in [0.15, 0.2) is 0 Å². The summed E-state index contributed by atoms with van der Waals surface area (Å²) in [5.74, 6) is 1.61. The van der Waals surface area contributed by atoms with E-state index in [0.717, 1.165) is 38.6 Å². The summed E-state index contributed by atoms with van der Waals surface area (Å²) in [6.45, 7) is 10.1. The van der Waals surface area contributed by atoms with E-state index in [0.29, 0.717) is 17.6 Å². The van der Waals surface area contributed by atoms with Gasteiger partial charge in [0, 0.05) is 11.8 Å². The Morgan fingerprint density at radius 2 is 1.83 bits per heavy atom. The molecule has 2 heteroatoms. The second kappa shape index (κ2) is 9.33. The molecular formula is C27H43NO. The Morgan fingerprint density at radius 1 is 1.10 bits per heavy atom. The molecule has 1 aromatic rings. The molecule has 3 atom stereocenters. The number of hydrogen-bond donors (Lipinski definition) is 1. The lowest BCUT2D eigenvalue weighted by Gasteiger charge is -2.55. The fourth-order valence-corrected chi connectivity index (χ4v) is 6.45. The molecule has 1 unspecified atom stereocenters. The van der Waals surface area contributed by atoms with E-state index in [1.807, 2.05) is 0 Å². The van der Waals surface area contributed by atoms with E-state index in [-0.39, 0.29) is 10.8 Å². The molecule has 0 saturated heterocycles. The number of carbonyl (C=O) groups is 1. The van der Waals surface area contributed by atoms with Crippen molar-refractivity contribution in [3.05, 3.63) is 34.9 Å². The van der Waals surface area contributed by atoms with Gasteiger partial charge in [-0.25, -0.2) is 0 Å². The van der Waals surface area contributed by atoms with Crippen molar-refractivity contribution in [1.29, 1.82) is 0 Å². The number of ketones is 1. The molecule has 0 heterocycles. The normalized spacial score (nSPS) is 28.8. The van der Waals surface area contributed by atoms with Gasteiger partial charge in [-0.3, -0.25) is 4.79 Å². The number of Topliss-reactive ketones (excluding diaryl/α,β-unsaturated/α-hetero) is 1. The van der Waals surface area contributed by atoms with Gasteiger partial charge in [0.2, 0.25) is 0 Å². The second-order valence-corrected chi connectivity index (χ2v) is 10.6. The first-order valence-corrected chi connectivity index (χ1v) is 12.2. The number of unbranched alkanes of at least 4 members (excludes halogenated alkanes) is 4. The van der Waals surface area contributed by atoms with E-state index < -0.39 is 0 Å². The summed E-state index contributed by atoms with van der Waals surface area (Å²) < 4.78 is 0. The van der Waals surface area contributed by atoms with Crippen LogP contribution >= 0.6 is 0 Å². The van der Waals surface area contributed by atoms with Gasteiger partial charge >= 0.3 is 0 Å². The average Bonchev–Trinajstić information content (AvgIpc) is 2.69. The molecule has 0 aromatic heterocycles. The quantitative estimate of drug-likeness (QED) is 0.472.